The fourth-order valence-corrected chi connectivity index (χ4v) is 2.97. The lowest BCUT2D eigenvalue weighted by molar-refractivity contribution is 0.102. The number of rotatable bonds is 4. The normalized spacial score (nSPS) is 14.2. The number of carbonyl (C=O) groups excluding carboxylic acids is 1. The molecule has 0 radical (unpaired) electrons. The largest absolute Gasteiger partial charge is 0.319 e. The highest BCUT2D eigenvalue weighted by molar-refractivity contribution is 6.12. The van der Waals surface area contributed by atoms with Crippen LogP contribution in [0.2, 0.25) is 0 Å². The number of aromatic nitrogens is 3. The van der Waals surface area contributed by atoms with Gasteiger partial charge >= 0.3 is 0 Å². The zero-order chi connectivity index (χ0) is 18.4. The fourth-order valence-electron chi connectivity index (χ4n) is 2.97. The summed E-state index contributed by atoms with van der Waals surface area (Å²) in [6, 6.07) is 4.78. The third-order valence-corrected chi connectivity index (χ3v) is 4.49. The third kappa shape index (κ3) is 2.94. The quantitative estimate of drug-likeness (QED) is 0.753. The maximum atomic E-state index is 13.9. The number of hydrogen-bond acceptors (Lipinski definition) is 3. The van der Waals surface area contributed by atoms with Crippen LogP contribution in [-0.2, 0) is 0 Å². The SMILES string of the molecule is CC(C)n1ncc2c(C(=O)Nc3cc(F)ccc3F)cc(C3CC3)nc21. The van der Waals surface area contributed by atoms with Gasteiger partial charge in [0, 0.05) is 23.7 Å². The first kappa shape index (κ1) is 16.6. The van der Waals surface area contributed by atoms with Gasteiger partial charge in [0.1, 0.15) is 11.6 Å². The van der Waals surface area contributed by atoms with Crippen molar-refractivity contribution in [1.82, 2.24) is 14.8 Å². The van der Waals surface area contributed by atoms with Gasteiger partial charge in [0.05, 0.1) is 22.8 Å². The van der Waals surface area contributed by atoms with Crippen molar-refractivity contribution in [3.8, 4) is 0 Å². The molecule has 0 bridgehead atoms. The van der Waals surface area contributed by atoms with Crippen molar-refractivity contribution in [1.29, 1.82) is 0 Å². The Kier molecular flexibility index (Phi) is 3.94. The molecule has 1 N–H and O–H groups in total. The summed E-state index contributed by atoms with van der Waals surface area (Å²) in [5.41, 5.74) is 1.65. The summed E-state index contributed by atoms with van der Waals surface area (Å²) < 4.78 is 29.0. The lowest BCUT2D eigenvalue weighted by Gasteiger charge is -2.11. The number of hydrogen-bond donors (Lipinski definition) is 1. The molecule has 1 amide bonds. The summed E-state index contributed by atoms with van der Waals surface area (Å²) in [4.78, 5) is 17.5. The highest BCUT2D eigenvalue weighted by atomic mass is 19.1. The Hall–Kier alpha value is -2.83. The van der Waals surface area contributed by atoms with E-state index in [0.717, 1.165) is 36.7 Å². The number of nitrogens with one attached hydrogen (secondary N) is 1. The molecule has 5 nitrogen and oxygen atoms in total. The Morgan fingerprint density at radius 3 is 2.73 bits per heavy atom. The van der Waals surface area contributed by atoms with E-state index in [-0.39, 0.29) is 11.7 Å². The van der Waals surface area contributed by atoms with E-state index in [1.54, 1.807) is 16.9 Å². The fraction of sp³-hybridized carbons (Fsp3) is 0.316. The lowest BCUT2D eigenvalue weighted by Crippen LogP contribution is -2.15. The highest BCUT2D eigenvalue weighted by Crippen LogP contribution is 2.40. The van der Waals surface area contributed by atoms with Gasteiger partial charge in [0.25, 0.3) is 5.91 Å². The minimum atomic E-state index is -0.689. The first-order chi connectivity index (χ1) is 12.4. The number of halogens is 2. The van der Waals surface area contributed by atoms with Crippen LogP contribution in [0.15, 0.2) is 30.5 Å². The number of carbonyl (C=O) groups is 1. The summed E-state index contributed by atoms with van der Waals surface area (Å²) in [5, 5.41) is 7.40. The van der Waals surface area contributed by atoms with Crippen LogP contribution in [0.4, 0.5) is 14.5 Å². The number of fused-ring (bicyclic) bond motifs is 1. The Morgan fingerprint density at radius 1 is 1.27 bits per heavy atom. The molecule has 1 aliphatic carbocycles. The number of nitrogens with zero attached hydrogens (tertiary/aromatic N) is 3. The predicted molar refractivity (Wildman–Crippen MR) is 94.2 cm³/mol. The molecule has 0 unspecified atom stereocenters. The topological polar surface area (TPSA) is 59.8 Å². The lowest BCUT2D eigenvalue weighted by atomic mass is 10.1. The van der Waals surface area contributed by atoms with Crippen LogP contribution in [-0.4, -0.2) is 20.7 Å². The molecule has 0 saturated heterocycles. The van der Waals surface area contributed by atoms with E-state index >= 15 is 0 Å². The van der Waals surface area contributed by atoms with Gasteiger partial charge in [-0.05, 0) is 44.9 Å². The van der Waals surface area contributed by atoms with E-state index in [1.807, 2.05) is 13.8 Å². The molecule has 0 atom stereocenters. The van der Waals surface area contributed by atoms with E-state index < -0.39 is 17.5 Å². The molecule has 0 spiro atoms. The third-order valence-electron chi connectivity index (χ3n) is 4.49. The molecule has 1 fully saturated rings. The monoisotopic (exact) mass is 356 g/mol. The van der Waals surface area contributed by atoms with Gasteiger partial charge in [-0.25, -0.2) is 18.4 Å². The van der Waals surface area contributed by atoms with E-state index in [9.17, 15) is 13.6 Å². The summed E-state index contributed by atoms with van der Waals surface area (Å²) in [7, 11) is 0. The van der Waals surface area contributed by atoms with E-state index in [4.69, 9.17) is 0 Å². The molecule has 0 aliphatic heterocycles. The molecule has 4 rings (SSSR count). The molecular formula is C19H18F2N4O. The van der Waals surface area contributed by atoms with Crippen LogP contribution < -0.4 is 5.32 Å². The molecule has 3 aromatic rings. The van der Waals surface area contributed by atoms with Crippen LogP contribution >= 0.6 is 0 Å². The zero-order valence-electron chi connectivity index (χ0n) is 14.5. The van der Waals surface area contributed by atoms with Crippen LogP contribution in [0.1, 0.15) is 54.7 Å². The van der Waals surface area contributed by atoms with Crippen molar-refractivity contribution in [2.45, 2.75) is 38.6 Å². The molecule has 2 aromatic heterocycles. The van der Waals surface area contributed by atoms with Gasteiger partial charge in [-0.3, -0.25) is 4.79 Å². The smallest absolute Gasteiger partial charge is 0.256 e. The average molecular weight is 356 g/mol. The number of amides is 1. The van der Waals surface area contributed by atoms with Crippen molar-refractivity contribution < 1.29 is 13.6 Å². The van der Waals surface area contributed by atoms with Crippen LogP contribution in [0, 0.1) is 11.6 Å². The standard InChI is InChI=1S/C19H18F2N4O/c1-10(2)25-18-14(9-22-25)13(8-16(23-18)11-3-4-11)19(26)24-17-7-12(20)5-6-15(17)21/h5-11H,3-4H2,1-2H3,(H,24,26). The molecule has 1 aromatic carbocycles. The minimum Gasteiger partial charge on any atom is -0.319 e. The summed E-state index contributed by atoms with van der Waals surface area (Å²) in [6.45, 7) is 3.97. The summed E-state index contributed by atoms with van der Waals surface area (Å²) >= 11 is 0. The predicted octanol–water partition coefficient (Wildman–Crippen LogP) is 4.42. The Balaban J connectivity index is 1.79. The molecular weight excluding hydrogens is 338 g/mol. The molecule has 7 heteroatoms. The van der Waals surface area contributed by atoms with Crippen molar-refractivity contribution in [2.24, 2.45) is 0 Å². The van der Waals surface area contributed by atoms with Crippen molar-refractivity contribution in [3.05, 3.63) is 53.4 Å². The summed E-state index contributed by atoms with van der Waals surface area (Å²) in [5.74, 6) is -1.47. The van der Waals surface area contributed by atoms with Gasteiger partial charge in [-0.1, -0.05) is 0 Å². The van der Waals surface area contributed by atoms with Crippen LogP contribution in [0.25, 0.3) is 11.0 Å². The Morgan fingerprint density at radius 2 is 2.04 bits per heavy atom. The first-order valence-corrected chi connectivity index (χ1v) is 8.58. The highest BCUT2D eigenvalue weighted by Gasteiger charge is 2.28. The second-order valence-electron chi connectivity index (χ2n) is 6.87. The molecule has 1 saturated carbocycles. The van der Waals surface area contributed by atoms with E-state index in [2.05, 4.69) is 15.4 Å². The maximum absolute atomic E-state index is 13.9. The Labute approximate surface area is 149 Å². The van der Waals surface area contributed by atoms with Gasteiger partial charge in [-0.15, -0.1) is 0 Å². The maximum Gasteiger partial charge on any atom is 0.256 e. The molecule has 26 heavy (non-hydrogen) atoms. The summed E-state index contributed by atoms with van der Waals surface area (Å²) in [6.07, 6.45) is 3.66. The number of anilines is 1. The van der Waals surface area contributed by atoms with Crippen molar-refractivity contribution in [3.63, 3.8) is 0 Å². The van der Waals surface area contributed by atoms with Crippen molar-refractivity contribution >= 4 is 22.6 Å². The van der Waals surface area contributed by atoms with Crippen LogP contribution in [0.3, 0.4) is 0 Å². The molecule has 1 aliphatic rings. The van der Waals surface area contributed by atoms with Crippen molar-refractivity contribution in [2.75, 3.05) is 5.32 Å². The van der Waals surface area contributed by atoms with Gasteiger partial charge in [-0.2, -0.15) is 5.10 Å². The molecule has 134 valence electrons. The second-order valence-corrected chi connectivity index (χ2v) is 6.87. The first-order valence-electron chi connectivity index (χ1n) is 8.58. The van der Waals surface area contributed by atoms with Crippen LogP contribution in [0.5, 0.6) is 0 Å². The number of pyridine rings is 1. The van der Waals surface area contributed by atoms with E-state index in [0.29, 0.717) is 22.5 Å². The number of benzene rings is 1. The van der Waals surface area contributed by atoms with Gasteiger partial charge in [0.15, 0.2) is 5.65 Å². The second kappa shape index (κ2) is 6.16. The zero-order valence-corrected chi connectivity index (χ0v) is 14.5. The molecule has 2 heterocycles. The minimum absolute atomic E-state index is 0.0889. The van der Waals surface area contributed by atoms with E-state index in [1.165, 1.54) is 0 Å². The Bertz CT molecular complexity index is 1010. The van der Waals surface area contributed by atoms with Gasteiger partial charge < -0.3 is 5.32 Å². The van der Waals surface area contributed by atoms with Gasteiger partial charge in [0.2, 0.25) is 0 Å². The average Bonchev–Trinajstić information content (AvgIpc) is 3.36.